The topological polar surface area (TPSA) is 80.4 Å². The van der Waals surface area contributed by atoms with Crippen LogP contribution in [0.2, 0.25) is 0 Å². The maximum atomic E-state index is 12.7. The van der Waals surface area contributed by atoms with Gasteiger partial charge in [-0.05, 0) is 60.6 Å². The molecule has 7 nitrogen and oxygen atoms in total. The number of pyridine rings is 1. The summed E-state index contributed by atoms with van der Waals surface area (Å²) in [4.78, 5) is 25.2. The van der Waals surface area contributed by atoms with Gasteiger partial charge in [-0.3, -0.25) is 4.40 Å². The zero-order valence-corrected chi connectivity index (χ0v) is 18.4. The van der Waals surface area contributed by atoms with Gasteiger partial charge >= 0.3 is 11.7 Å². The van der Waals surface area contributed by atoms with Gasteiger partial charge in [0.05, 0.1) is 6.54 Å². The van der Waals surface area contributed by atoms with Gasteiger partial charge in [-0.25, -0.2) is 14.3 Å². The van der Waals surface area contributed by atoms with Crippen molar-refractivity contribution in [3.05, 3.63) is 101 Å². The van der Waals surface area contributed by atoms with E-state index < -0.39 is 0 Å². The predicted octanol–water partition coefficient (Wildman–Crippen LogP) is 4.39. The molecule has 1 fully saturated rings. The Morgan fingerprint density at radius 1 is 1.00 bits per heavy atom. The normalized spacial score (nSPS) is 18.2. The molecule has 0 spiro atoms. The molecule has 0 aliphatic heterocycles. The van der Waals surface area contributed by atoms with Crippen molar-refractivity contribution in [1.82, 2.24) is 19.5 Å². The third-order valence-electron chi connectivity index (χ3n) is 6.29. The molecule has 2 aromatic carbocycles. The van der Waals surface area contributed by atoms with E-state index in [2.05, 4.69) is 40.0 Å². The van der Waals surface area contributed by atoms with Crippen molar-refractivity contribution in [2.45, 2.75) is 44.2 Å². The molecular weight excluding hydrogens is 414 g/mol. The van der Waals surface area contributed by atoms with Crippen molar-refractivity contribution >= 4 is 17.4 Å². The second-order valence-corrected chi connectivity index (χ2v) is 8.64. The Bertz CT molecular complexity index is 1310. The Kier molecular flexibility index (Phi) is 5.93. The largest absolute Gasteiger partial charge is 0.350 e. The Morgan fingerprint density at radius 2 is 1.85 bits per heavy atom. The summed E-state index contributed by atoms with van der Waals surface area (Å²) in [6.07, 6.45) is 5.92. The van der Waals surface area contributed by atoms with E-state index >= 15 is 0 Å². The molecule has 0 bridgehead atoms. The van der Waals surface area contributed by atoms with Gasteiger partial charge < -0.3 is 10.6 Å². The van der Waals surface area contributed by atoms with E-state index in [1.165, 1.54) is 14.6 Å². The van der Waals surface area contributed by atoms with Gasteiger partial charge in [-0.1, -0.05) is 55.0 Å². The van der Waals surface area contributed by atoms with Crippen molar-refractivity contribution in [1.29, 1.82) is 0 Å². The highest BCUT2D eigenvalue weighted by Gasteiger charge is 2.24. The summed E-state index contributed by atoms with van der Waals surface area (Å²) in [5, 5.41) is 10.5. The van der Waals surface area contributed by atoms with Crippen molar-refractivity contribution in [2.75, 3.05) is 5.32 Å². The molecule has 0 saturated heterocycles. The summed E-state index contributed by atoms with van der Waals surface area (Å²) in [6.45, 7) is 0.332. The standard InChI is InChI=1S/C26H27N5O2/c32-25(28-23-13-7-11-21(17-23)20-9-2-1-3-10-20)27-22-12-6-8-19(16-22)18-31-26(33)30-15-5-4-14-24(30)29-31/h1-6,8-10,12,14-16,21,23H,7,11,13,17-18H2,(H2,27,28,32). The number of carbonyl (C=O) groups is 1. The highest BCUT2D eigenvalue weighted by Crippen LogP contribution is 2.32. The SMILES string of the molecule is O=C(Nc1cccc(Cn2nc3ccccn3c2=O)c1)NC1CCCC(c2ccccc2)C1. The molecule has 2 amide bonds. The molecule has 2 N–H and O–H groups in total. The first kappa shape index (κ1) is 21.0. The zero-order valence-electron chi connectivity index (χ0n) is 18.4. The zero-order chi connectivity index (χ0) is 22.6. The first-order chi connectivity index (χ1) is 16.2. The lowest BCUT2D eigenvalue weighted by Crippen LogP contribution is -2.40. The average molecular weight is 442 g/mol. The van der Waals surface area contributed by atoms with E-state index in [0.29, 0.717) is 23.8 Å². The third-order valence-corrected chi connectivity index (χ3v) is 6.29. The number of carbonyl (C=O) groups excluding carboxylic acids is 1. The molecule has 1 aliphatic rings. The molecule has 1 aliphatic carbocycles. The maximum Gasteiger partial charge on any atom is 0.350 e. The van der Waals surface area contributed by atoms with Crippen LogP contribution in [0.3, 0.4) is 0 Å². The summed E-state index contributed by atoms with van der Waals surface area (Å²) in [5.41, 5.74) is 3.35. The summed E-state index contributed by atoms with van der Waals surface area (Å²) >= 11 is 0. The van der Waals surface area contributed by atoms with Crippen LogP contribution in [0.4, 0.5) is 10.5 Å². The van der Waals surface area contributed by atoms with Crippen LogP contribution in [0.25, 0.3) is 5.65 Å². The monoisotopic (exact) mass is 441 g/mol. The van der Waals surface area contributed by atoms with Crippen LogP contribution in [0.5, 0.6) is 0 Å². The van der Waals surface area contributed by atoms with Gasteiger partial charge in [-0.2, -0.15) is 0 Å². The number of anilines is 1. The summed E-state index contributed by atoms with van der Waals surface area (Å²) in [7, 11) is 0. The van der Waals surface area contributed by atoms with Gasteiger partial charge in [0.25, 0.3) is 0 Å². The predicted molar refractivity (Wildman–Crippen MR) is 129 cm³/mol. The molecule has 1 saturated carbocycles. The van der Waals surface area contributed by atoms with Crippen molar-refractivity contribution in [2.24, 2.45) is 0 Å². The summed E-state index contributed by atoms with van der Waals surface area (Å²) in [5.74, 6) is 0.484. The number of urea groups is 1. The number of nitrogens with one attached hydrogen (secondary N) is 2. The van der Waals surface area contributed by atoms with Crippen molar-refractivity contribution < 1.29 is 4.79 Å². The number of benzene rings is 2. The van der Waals surface area contributed by atoms with E-state index in [4.69, 9.17) is 0 Å². The number of rotatable bonds is 5. The smallest absolute Gasteiger partial charge is 0.335 e. The highest BCUT2D eigenvalue weighted by atomic mass is 16.2. The van der Waals surface area contributed by atoms with Crippen LogP contribution in [0.15, 0.2) is 83.8 Å². The van der Waals surface area contributed by atoms with Crippen LogP contribution in [-0.2, 0) is 6.54 Å². The van der Waals surface area contributed by atoms with E-state index in [9.17, 15) is 9.59 Å². The fourth-order valence-electron chi connectivity index (χ4n) is 4.69. The van der Waals surface area contributed by atoms with Crippen LogP contribution in [0.1, 0.15) is 42.7 Å². The number of hydrogen-bond donors (Lipinski definition) is 2. The molecule has 2 unspecified atom stereocenters. The Balaban J connectivity index is 1.22. The third kappa shape index (κ3) is 4.82. The molecule has 33 heavy (non-hydrogen) atoms. The Morgan fingerprint density at radius 3 is 2.70 bits per heavy atom. The quantitative estimate of drug-likeness (QED) is 0.482. The first-order valence-electron chi connectivity index (χ1n) is 11.4. The Labute approximate surface area is 192 Å². The lowest BCUT2D eigenvalue weighted by molar-refractivity contribution is 0.242. The second kappa shape index (κ2) is 9.32. The molecule has 7 heteroatoms. The van der Waals surface area contributed by atoms with Crippen molar-refractivity contribution in [3.63, 3.8) is 0 Å². The molecule has 168 valence electrons. The average Bonchev–Trinajstić information content (AvgIpc) is 3.15. The second-order valence-electron chi connectivity index (χ2n) is 8.64. The fraction of sp³-hybridized carbons (Fsp3) is 0.269. The van der Waals surface area contributed by atoms with Gasteiger partial charge in [0.15, 0.2) is 5.65 Å². The van der Waals surface area contributed by atoms with E-state index in [-0.39, 0.29) is 17.8 Å². The van der Waals surface area contributed by atoms with Gasteiger partial charge in [0, 0.05) is 17.9 Å². The minimum absolute atomic E-state index is 0.156. The maximum absolute atomic E-state index is 12.7. The van der Waals surface area contributed by atoms with Crippen LogP contribution in [0, 0.1) is 0 Å². The lowest BCUT2D eigenvalue weighted by atomic mass is 9.81. The fourth-order valence-corrected chi connectivity index (χ4v) is 4.69. The van der Waals surface area contributed by atoms with Gasteiger partial charge in [0.2, 0.25) is 0 Å². The molecule has 2 atom stereocenters. The molecule has 4 aromatic rings. The van der Waals surface area contributed by atoms with Crippen LogP contribution >= 0.6 is 0 Å². The number of hydrogen-bond acceptors (Lipinski definition) is 3. The molecule has 0 radical (unpaired) electrons. The van der Waals surface area contributed by atoms with E-state index in [0.717, 1.165) is 31.2 Å². The van der Waals surface area contributed by atoms with Crippen LogP contribution < -0.4 is 16.3 Å². The first-order valence-corrected chi connectivity index (χ1v) is 11.4. The Hall–Kier alpha value is -3.87. The molecule has 2 heterocycles. The molecule has 2 aromatic heterocycles. The van der Waals surface area contributed by atoms with Crippen LogP contribution in [-0.4, -0.2) is 26.3 Å². The van der Waals surface area contributed by atoms with Gasteiger partial charge in [0.1, 0.15) is 0 Å². The highest BCUT2D eigenvalue weighted by molar-refractivity contribution is 5.89. The van der Waals surface area contributed by atoms with E-state index in [1.807, 2.05) is 36.4 Å². The number of amides is 2. The number of fused-ring (bicyclic) bond motifs is 1. The van der Waals surface area contributed by atoms with Gasteiger partial charge in [-0.15, -0.1) is 5.10 Å². The number of nitrogens with zero attached hydrogens (tertiary/aromatic N) is 3. The summed E-state index contributed by atoms with van der Waals surface area (Å²) in [6, 6.07) is 23.5. The van der Waals surface area contributed by atoms with Crippen molar-refractivity contribution in [3.8, 4) is 0 Å². The minimum Gasteiger partial charge on any atom is -0.335 e. The molecule has 5 rings (SSSR count). The lowest BCUT2D eigenvalue weighted by Gasteiger charge is -2.30. The minimum atomic E-state index is -0.198. The van der Waals surface area contributed by atoms with E-state index in [1.54, 1.807) is 18.3 Å². The molecular formula is C26H27N5O2. The number of aromatic nitrogens is 3. The summed E-state index contributed by atoms with van der Waals surface area (Å²) < 4.78 is 2.95.